The van der Waals surface area contributed by atoms with Gasteiger partial charge in [-0.3, -0.25) is 0 Å². The summed E-state index contributed by atoms with van der Waals surface area (Å²) < 4.78 is 8.64. The molecule has 0 N–H and O–H groups in total. The van der Waals surface area contributed by atoms with E-state index in [0.717, 1.165) is 37.0 Å². The number of benzene rings is 2. The number of aryl methyl sites for hydroxylation is 1. The predicted octanol–water partition coefficient (Wildman–Crippen LogP) is 7.33. The number of rotatable bonds is 2. The van der Waals surface area contributed by atoms with Gasteiger partial charge < -0.3 is 8.98 Å². The zero-order valence-corrected chi connectivity index (χ0v) is 17.0. The maximum absolute atomic E-state index is 6.10. The van der Waals surface area contributed by atoms with Gasteiger partial charge in [0.05, 0.1) is 0 Å². The van der Waals surface area contributed by atoms with Crippen LogP contribution in [0.2, 0.25) is 0 Å². The lowest BCUT2D eigenvalue weighted by Crippen LogP contribution is -2.10. The molecule has 2 aliphatic rings. The maximum Gasteiger partial charge on any atom is 0.134 e. The molecule has 2 heteroatoms. The molecule has 2 aliphatic carbocycles. The van der Waals surface area contributed by atoms with Crippen molar-refractivity contribution < 1.29 is 4.42 Å². The smallest absolute Gasteiger partial charge is 0.134 e. The van der Waals surface area contributed by atoms with Crippen molar-refractivity contribution in [1.82, 2.24) is 4.57 Å². The van der Waals surface area contributed by atoms with Crippen molar-refractivity contribution in [2.24, 2.45) is 0 Å². The molecule has 4 aromatic rings. The minimum absolute atomic E-state index is 0.479. The van der Waals surface area contributed by atoms with E-state index in [-0.39, 0.29) is 0 Å². The lowest BCUT2D eigenvalue weighted by Gasteiger charge is -2.22. The fourth-order valence-electron chi connectivity index (χ4n) is 5.31. The average molecular weight is 380 g/mol. The Hall–Kier alpha value is -3.00. The van der Waals surface area contributed by atoms with Crippen LogP contribution in [0.5, 0.6) is 0 Å². The van der Waals surface area contributed by atoms with Crippen molar-refractivity contribution >= 4 is 34.0 Å². The SMILES string of the molecule is CC(C)n1c2c(c3ccccc31)C=C(C1=Cc3c(oc4ccccc34)CC1)CC2. The van der Waals surface area contributed by atoms with Crippen molar-refractivity contribution in [3.8, 4) is 0 Å². The second-order valence-corrected chi connectivity index (χ2v) is 8.62. The van der Waals surface area contributed by atoms with E-state index in [2.05, 4.69) is 79.1 Å². The Morgan fingerprint density at radius 2 is 1.45 bits per heavy atom. The fourth-order valence-corrected chi connectivity index (χ4v) is 5.31. The van der Waals surface area contributed by atoms with Gasteiger partial charge in [-0.05, 0) is 68.5 Å². The molecule has 0 atom stereocenters. The highest BCUT2D eigenvalue weighted by atomic mass is 16.3. The molecule has 2 aromatic heterocycles. The summed E-state index contributed by atoms with van der Waals surface area (Å²) in [5.41, 5.74) is 9.57. The van der Waals surface area contributed by atoms with Crippen LogP contribution in [-0.4, -0.2) is 4.57 Å². The monoisotopic (exact) mass is 379 g/mol. The molecule has 29 heavy (non-hydrogen) atoms. The van der Waals surface area contributed by atoms with Gasteiger partial charge in [-0.15, -0.1) is 0 Å². The number of aromatic nitrogens is 1. The molecule has 0 saturated heterocycles. The summed E-state index contributed by atoms with van der Waals surface area (Å²) in [6.07, 6.45) is 9.16. The van der Waals surface area contributed by atoms with Crippen LogP contribution in [-0.2, 0) is 12.8 Å². The molecule has 0 unspecified atom stereocenters. The molecule has 2 nitrogen and oxygen atoms in total. The maximum atomic E-state index is 6.10. The molecule has 0 amide bonds. The molecule has 0 bridgehead atoms. The van der Waals surface area contributed by atoms with E-state index in [1.807, 2.05) is 0 Å². The number of para-hydroxylation sites is 2. The molecule has 2 heterocycles. The zero-order chi connectivity index (χ0) is 19.5. The van der Waals surface area contributed by atoms with Gasteiger partial charge >= 0.3 is 0 Å². The lowest BCUT2D eigenvalue weighted by atomic mass is 9.85. The molecular weight excluding hydrogens is 354 g/mol. The van der Waals surface area contributed by atoms with Gasteiger partial charge in [0.1, 0.15) is 11.3 Å². The Labute approximate surface area is 171 Å². The number of hydrogen-bond acceptors (Lipinski definition) is 1. The Bertz CT molecular complexity index is 1330. The quantitative estimate of drug-likeness (QED) is 0.356. The highest BCUT2D eigenvalue weighted by Crippen LogP contribution is 2.41. The first kappa shape index (κ1) is 16.9. The van der Waals surface area contributed by atoms with Crippen LogP contribution < -0.4 is 0 Å². The summed E-state index contributed by atoms with van der Waals surface area (Å²) >= 11 is 0. The average Bonchev–Trinajstić information content (AvgIpc) is 3.28. The first-order chi connectivity index (χ1) is 14.2. The van der Waals surface area contributed by atoms with Crippen LogP contribution >= 0.6 is 0 Å². The lowest BCUT2D eigenvalue weighted by molar-refractivity contribution is 0.543. The Balaban J connectivity index is 1.51. The second-order valence-electron chi connectivity index (χ2n) is 8.62. The highest BCUT2D eigenvalue weighted by molar-refractivity contribution is 5.94. The van der Waals surface area contributed by atoms with Gasteiger partial charge in [0.2, 0.25) is 0 Å². The van der Waals surface area contributed by atoms with Crippen molar-refractivity contribution in [1.29, 1.82) is 0 Å². The third-order valence-corrected chi connectivity index (χ3v) is 6.58. The van der Waals surface area contributed by atoms with E-state index >= 15 is 0 Å². The fraction of sp³-hybridized carbons (Fsp3) is 0.259. The molecular formula is C27H25NO. The summed E-state index contributed by atoms with van der Waals surface area (Å²) in [5.74, 6) is 1.14. The van der Waals surface area contributed by atoms with Gasteiger partial charge in [0, 0.05) is 45.6 Å². The van der Waals surface area contributed by atoms with Crippen molar-refractivity contribution in [3.05, 3.63) is 82.3 Å². The summed E-state index contributed by atoms with van der Waals surface area (Å²) in [7, 11) is 0. The number of nitrogens with zero attached hydrogens (tertiary/aromatic N) is 1. The van der Waals surface area contributed by atoms with E-state index in [4.69, 9.17) is 4.42 Å². The van der Waals surface area contributed by atoms with E-state index < -0.39 is 0 Å². The Morgan fingerprint density at radius 1 is 0.759 bits per heavy atom. The summed E-state index contributed by atoms with van der Waals surface area (Å²) in [6, 6.07) is 17.8. The summed E-state index contributed by atoms with van der Waals surface area (Å²) in [6.45, 7) is 4.59. The largest absolute Gasteiger partial charge is 0.460 e. The van der Waals surface area contributed by atoms with E-state index in [1.165, 1.54) is 44.3 Å². The molecule has 6 rings (SSSR count). The first-order valence-corrected chi connectivity index (χ1v) is 10.7. The summed E-state index contributed by atoms with van der Waals surface area (Å²) in [4.78, 5) is 0. The normalized spacial score (nSPS) is 16.1. The second kappa shape index (κ2) is 6.25. The number of hydrogen-bond donors (Lipinski definition) is 0. The first-order valence-electron chi connectivity index (χ1n) is 10.7. The molecule has 0 saturated carbocycles. The van der Waals surface area contributed by atoms with Crippen LogP contribution in [0.3, 0.4) is 0 Å². The van der Waals surface area contributed by atoms with Gasteiger partial charge in [0.25, 0.3) is 0 Å². The molecule has 144 valence electrons. The topological polar surface area (TPSA) is 18.1 Å². The van der Waals surface area contributed by atoms with E-state index in [1.54, 1.807) is 0 Å². The minimum atomic E-state index is 0.479. The van der Waals surface area contributed by atoms with Crippen LogP contribution in [0.1, 0.15) is 55.3 Å². The molecule has 0 spiro atoms. The minimum Gasteiger partial charge on any atom is -0.460 e. The Morgan fingerprint density at radius 3 is 2.28 bits per heavy atom. The van der Waals surface area contributed by atoms with Gasteiger partial charge in [-0.1, -0.05) is 36.4 Å². The van der Waals surface area contributed by atoms with E-state index in [9.17, 15) is 0 Å². The molecule has 0 fully saturated rings. The van der Waals surface area contributed by atoms with Crippen molar-refractivity contribution in [3.63, 3.8) is 0 Å². The van der Waals surface area contributed by atoms with Gasteiger partial charge in [-0.2, -0.15) is 0 Å². The number of furan rings is 1. The van der Waals surface area contributed by atoms with Crippen LogP contribution in [0.15, 0.2) is 64.1 Å². The number of fused-ring (bicyclic) bond motifs is 6. The van der Waals surface area contributed by atoms with Crippen molar-refractivity contribution in [2.45, 2.75) is 45.6 Å². The van der Waals surface area contributed by atoms with Crippen LogP contribution in [0.4, 0.5) is 0 Å². The molecule has 2 aromatic carbocycles. The van der Waals surface area contributed by atoms with Gasteiger partial charge in [0.15, 0.2) is 0 Å². The highest BCUT2D eigenvalue weighted by Gasteiger charge is 2.25. The molecule has 0 aliphatic heterocycles. The van der Waals surface area contributed by atoms with Gasteiger partial charge in [-0.25, -0.2) is 0 Å². The molecule has 0 radical (unpaired) electrons. The Kier molecular flexibility index (Phi) is 3.64. The third kappa shape index (κ3) is 2.48. The number of allylic oxidation sites excluding steroid dienone is 2. The standard InChI is InChI=1S/C27H25NO/c1-17(2)28-24-9-5-3-7-20(24)22-15-18(11-13-25(22)28)19-12-14-27-23(16-19)21-8-4-6-10-26(21)29-27/h3-10,15-17H,11-14H2,1-2H3. The van der Waals surface area contributed by atoms with E-state index in [0.29, 0.717) is 6.04 Å². The third-order valence-electron chi connectivity index (χ3n) is 6.58. The van der Waals surface area contributed by atoms with Crippen LogP contribution in [0.25, 0.3) is 34.0 Å². The predicted molar refractivity (Wildman–Crippen MR) is 121 cm³/mol. The van der Waals surface area contributed by atoms with Crippen LogP contribution in [0, 0.1) is 0 Å². The summed E-state index contributed by atoms with van der Waals surface area (Å²) in [5, 5.41) is 2.63. The van der Waals surface area contributed by atoms with Crippen molar-refractivity contribution in [2.75, 3.05) is 0 Å². The zero-order valence-electron chi connectivity index (χ0n) is 17.0.